The summed E-state index contributed by atoms with van der Waals surface area (Å²) >= 11 is 0. The number of aliphatic hydroxyl groups is 2. The molecule has 1 rings (SSSR count). The van der Waals surface area contributed by atoms with E-state index in [0.717, 1.165) is 18.9 Å². The highest BCUT2D eigenvalue weighted by Crippen LogP contribution is 2.41. The van der Waals surface area contributed by atoms with Crippen molar-refractivity contribution in [2.75, 3.05) is 6.61 Å². The van der Waals surface area contributed by atoms with Gasteiger partial charge in [-0.1, -0.05) is 33.4 Å². The van der Waals surface area contributed by atoms with Crippen LogP contribution in [0.3, 0.4) is 0 Å². The zero-order valence-electron chi connectivity index (χ0n) is 15.2. The van der Waals surface area contributed by atoms with Crippen LogP contribution in [0, 0.1) is 5.41 Å². The Labute approximate surface area is 149 Å². The SMILES string of the molecule is C=CC(=O)OCC1(CC)CC(O)C(OC(=O)C(=C)CCCC)C(O)C1. The van der Waals surface area contributed by atoms with Gasteiger partial charge in [0.05, 0.1) is 18.8 Å². The number of hydrogen-bond acceptors (Lipinski definition) is 6. The second-order valence-corrected chi connectivity index (χ2v) is 6.79. The first-order valence-corrected chi connectivity index (χ1v) is 8.82. The summed E-state index contributed by atoms with van der Waals surface area (Å²) in [6, 6.07) is 0. The molecule has 1 saturated carbocycles. The molecule has 0 aromatic carbocycles. The lowest BCUT2D eigenvalue weighted by molar-refractivity contribution is -0.180. The normalized spacial score (nSPS) is 28.9. The zero-order chi connectivity index (χ0) is 19.0. The van der Waals surface area contributed by atoms with Crippen LogP contribution < -0.4 is 0 Å². The molecule has 2 atom stereocenters. The lowest BCUT2D eigenvalue weighted by atomic mass is 9.69. The molecule has 0 radical (unpaired) electrons. The van der Waals surface area contributed by atoms with Gasteiger partial charge < -0.3 is 19.7 Å². The summed E-state index contributed by atoms with van der Waals surface area (Å²) in [5, 5.41) is 20.8. The van der Waals surface area contributed by atoms with Crippen LogP contribution in [0.15, 0.2) is 24.8 Å². The molecule has 2 N–H and O–H groups in total. The molecule has 6 nitrogen and oxygen atoms in total. The van der Waals surface area contributed by atoms with Crippen LogP contribution in [0.25, 0.3) is 0 Å². The number of ether oxygens (including phenoxy) is 2. The molecule has 2 unspecified atom stereocenters. The van der Waals surface area contributed by atoms with Crippen molar-refractivity contribution in [1.82, 2.24) is 0 Å². The number of hydrogen-bond donors (Lipinski definition) is 2. The standard InChI is InChI=1S/C19H30O6/c1-5-8-9-13(4)18(23)25-17-14(20)10-19(7-3,11-15(17)21)12-24-16(22)6-2/h6,14-15,17,20-21H,2,4-5,7-12H2,1,3H3. The molecule has 0 amide bonds. The molecule has 1 fully saturated rings. The molecule has 0 bridgehead atoms. The Morgan fingerprint density at radius 1 is 1.24 bits per heavy atom. The highest BCUT2D eigenvalue weighted by molar-refractivity contribution is 5.87. The number of carbonyl (C=O) groups excluding carboxylic acids is 2. The number of esters is 2. The van der Waals surface area contributed by atoms with Gasteiger partial charge in [0.1, 0.15) is 0 Å². The lowest BCUT2D eigenvalue weighted by Gasteiger charge is -2.44. The van der Waals surface area contributed by atoms with Crippen LogP contribution in [-0.4, -0.2) is 47.1 Å². The molecule has 0 aromatic rings. The molecule has 142 valence electrons. The van der Waals surface area contributed by atoms with Crippen LogP contribution in [-0.2, 0) is 19.1 Å². The van der Waals surface area contributed by atoms with Crippen LogP contribution >= 0.6 is 0 Å². The van der Waals surface area contributed by atoms with Crippen molar-refractivity contribution in [1.29, 1.82) is 0 Å². The topological polar surface area (TPSA) is 93.1 Å². The van der Waals surface area contributed by atoms with Gasteiger partial charge >= 0.3 is 11.9 Å². The van der Waals surface area contributed by atoms with E-state index in [4.69, 9.17) is 9.47 Å². The summed E-state index contributed by atoms with van der Waals surface area (Å²) in [7, 11) is 0. The van der Waals surface area contributed by atoms with Crippen molar-refractivity contribution in [3.63, 3.8) is 0 Å². The first kappa shape index (κ1) is 21.4. The third kappa shape index (κ3) is 5.97. The second-order valence-electron chi connectivity index (χ2n) is 6.79. The highest BCUT2D eigenvalue weighted by Gasteiger charge is 2.46. The predicted octanol–water partition coefficient (Wildman–Crippen LogP) is 2.29. The van der Waals surface area contributed by atoms with E-state index in [9.17, 15) is 19.8 Å². The highest BCUT2D eigenvalue weighted by atomic mass is 16.6. The van der Waals surface area contributed by atoms with Crippen molar-refractivity contribution >= 4 is 11.9 Å². The van der Waals surface area contributed by atoms with Crippen LogP contribution in [0.2, 0.25) is 0 Å². The molecule has 1 aliphatic rings. The van der Waals surface area contributed by atoms with Crippen LogP contribution in [0.5, 0.6) is 0 Å². The first-order valence-electron chi connectivity index (χ1n) is 8.82. The van der Waals surface area contributed by atoms with Gasteiger partial charge in [-0.15, -0.1) is 0 Å². The van der Waals surface area contributed by atoms with Crippen LogP contribution in [0.1, 0.15) is 52.4 Å². The number of unbranched alkanes of at least 4 members (excludes halogenated alkanes) is 1. The monoisotopic (exact) mass is 354 g/mol. The minimum absolute atomic E-state index is 0.0757. The van der Waals surface area contributed by atoms with Crippen molar-refractivity contribution in [2.45, 2.75) is 70.7 Å². The van der Waals surface area contributed by atoms with Crippen LogP contribution in [0.4, 0.5) is 0 Å². The van der Waals surface area contributed by atoms with E-state index in [2.05, 4.69) is 13.2 Å². The van der Waals surface area contributed by atoms with Crippen molar-refractivity contribution in [3.05, 3.63) is 24.8 Å². The fraction of sp³-hybridized carbons (Fsp3) is 0.684. The summed E-state index contributed by atoms with van der Waals surface area (Å²) in [6.45, 7) is 11.0. The van der Waals surface area contributed by atoms with E-state index < -0.39 is 35.7 Å². The van der Waals surface area contributed by atoms with Crippen molar-refractivity contribution in [2.24, 2.45) is 5.41 Å². The largest absolute Gasteiger partial charge is 0.462 e. The molecule has 0 aliphatic heterocycles. The van der Waals surface area contributed by atoms with E-state index in [1.807, 2.05) is 13.8 Å². The summed E-state index contributed by atoms with van der Waals surface area (Å²) in [6.07, 6.45) is 1.45. The molecule has 6 heteroatoms. The minimum Gasteiger partial charge on any atom is -0.462 e. The van der Waals surface area contributed by atoms with E-state index in [1.54, 1.807) is 0 Å². The number of carbonyl (C=O) groups is 2. The Morgan fingerprint density at radius 2 is 1.84 bits per heavy atom. The Morgan fingerprint density at radius 3 is 2.32 bits per heavy atom. The van der Waals surface area contributed by atoms with Gasteiger partial charge in [0.15, 0.2) is 6.10 Å². The van der Waals surface area contributed by atoms with Gasteiger partial charge in [0, 0.05) is 17.1 Å². The smallest absolute Gasteiger partial charge is 0.333 e. The third-order valence-corrected chi connectivity index (χ3v) is 4.84. The molecular formula is C19H30O6. The molecule has 25 heavy (non-hydrogen) atoms. The van der Waals surface area contributed by atoms with Crippen molar-refractivity contribution in [3.8, 4) is 0 Å². The maximum atomic E-state index is 12.1. The lowest BCUT2D eigenvalue weighted by Crippen LogP contribution is -2.52. The van der Waals surface area contributed by atoms with Gasteiger partial charge in [-0.05, 0) is 32.1 Å². The van der Waals surface area contributed by atoms with E-state index in [0.29, 0.717) is 18.4 Å². The summed E-state index contributed by atoms with van der Waals surface area (Å²) < 4.78 is 10.4. The number of rotatable bonds is 9. The van der Waals surface area contributed by atoms with Gasteiger partial charge in [-0.25, -0.2) is 9.59 Å². The maximum absolute atomic E-state index is 12.1. The van der Waals surface area contributed by atoms with Crippen molar-refractivity contribution < 1.29 is 29.3 Å². The Bertz CT molecular complexity index is 486. The first-order chi connectivity index (χ1) is 11.8. The molecule has 0 spiro atoms. The Kier molecular flexibility index (Phi) is 8.32. The molecule has 1 aliphatic carbocycles. The summed E-state index contributed by atoms with van der Waals surface area (Å²) in [5.74, 6) is -1.13. The quantitative estimate of drug-likeness (QED) is 0.487. The van der Waals surface area contributed by atoms with E-state index in [-0.39, 0.29) is 19.4 Å². The van der Waals surface area contributed by atoms with E-state index >= 15 is 0 Å². The van der Waals surface area contributed by atoms with Gasteiger partial charge in [0.2, 0.25) is 0 Å². The average molecular weight is 354 g/mol. The molecule has 0 heterocycles. The number of aliphatic hydroxyl groups excluding tert-OH is 2. The van der Waals surface area contributed by atoms with Gasteiger partial charge in [-0.3, -0.25) is 0 Å². The van der Waals surface area contributed by atoms with E-state index in [1.165, 1.54) is 0 Å². The summed E-state index contributed by atoms with van der Waals surface area (Å²) in [5.41, 5.74) is -0.215. The summed E-state index contributed by atoms with van der Waals surface area (Å²) in [4.78, 5) is 23.4. The van der Waals surface area contributed by atoms with Gasteiger partial charge in [0.25, 0.3) is 0 Å². The minimum atomic E-state index is -1.03. The molecular weight excluding hydrogens is 324 g/mol. The van der Waals surface area contributed by atoms with Gasteiger partial charge in [-0.2, -0.15) is 0 Å². The Hall–Kier alpha value is -1.66. The second kappa shape index (κ2) is 9.73. The zero-order valence-corrected chi connectivity index (χ0v) is 15.2. The molecule has 0 aromatic heterocycles. The maximum Gasteiger partial charge on any atom is 0.333 e. The fourth-order valence-corrected chi connectivity index (χ4v) is 3.11. The molecule has 0 saturated heterocycles. The predicted molar refractivity (Wildman–Crippen MR) is 93.7 cm³/mol. The average Bonchev–Trinajstić information content (AvgIpc) is 2.60. The fourth-order valence-electron chi connectivity index (χ4n) is 3.11. The third-order valence-electron chi connectivity index (χ3n) is 4.84. The Balaban J connectivity index is 2.70.